The zero-order chi connectivity index (χ0) is 25.4. The number of ketones is 1. The summed E-state index contributed by atoms with van der Waals surface area (Å²) in [5.41, 5.74) is 1.77. The van der Waals surface area contributed by atoms with Crippen molar-refractivity contribution in [1.29, 1.82) is 0 Å². The Labute approximate surface area is 205 Å². The molecule has 8 heteroatoms. The number of rotatable bonds is 8. The molecule has 190 valence electrons. The summed E-state index contributed by atoms with van der Waals surface area (Å²) in [6.07, 6.45) is 6.05. The van der Waals surface area contributed by atoms with Gasteiger partial charge in [-0.15, -0.1) is 0 Å². The molecular formula is C27H35NO7. The van der Waals surface area contributed by atoms with E-state index in [1.807, 2.05) is 26.8 Å². The second kappa shape index (κ2) is 10.0. The highest BCUT2D eigenvalue weighted by Gasteiger charge is 2.53. The molecule has 3 aliphatic heterocycles. The molecule has 1 aromatic carbocycles. The lowest BCUT2D eigenvalue weighted by Gasteiger charge is -2.45. The first-order valence-corrected chi connectivity index (χ1v) is 12.5. The fourth-order valence-electron chi connectivity index (χ4n) is 5.78. The van der Waals surface area contributed by atoms with Crippen molar-refractivity contribution in [1.82, 2.24) is 4.90 Å². The molecule has 1 fully saturated rings. The number of hydrogen-bond acceptors (Lipinski definition) is 6. The van der Waals surface area contributed by atoms with Crippen molar-refractivity contribution in [3.63, 3.8) is 0 Å². The molecule has 0 bridgehead atoms. The first-order valence-electron chi connectivity index (χ1n) is 12.5. The molecule has 3 aliphatic rings. The second-order valence-corrected chi connectivity index (χ2v) is 9.94. The Balaban J connectivity index is 1.60. The number of phenols is 1. The van der Waals surface area contributed by atoms with Crippen LogP contribution in [0.1, 0.15) is 98.4 Å². The average Bonchev–Trinajstić information content (AvgIpc) is 3.23. The normalized spacial score (nSPS) is 26.9. The maximum atomic E-state index is 13.1. The van der Waals surface area contributed by atoms with Gasteiger partial charge in [0, 0.05) is 30.4 Å². The number of fused-ring (bicyclic) bond motifs is 2. The van der Waals surface area contributed by atoms with Gasteiger partial charge in [-0.2, -0.15) is 0 Å². The second-order valence-electron chi connectivity index (χ2n) is 9.94. The third-order valence-corrected chi connectivity index (χ3v) is 7.76. The largest absolute Gasteiger partial charge is 0.507 e. The number of nitrogens with zero attached hydrogens (tertiary/aromatic N) is 1. The number of carboxylic acid groups (broad SMARTS) is 1. The molecule has 1 aromatic rings. The van der Waals surface area contributed by atoms with Crippen molar-refractivity contribution in [3.8, 4) is 11.5 Å². The molecule has 8 nitrogen and oxygen atoms in total. The molecule has 1 saturated heterocycles. The van der Waals surface area contributed by atoms with Gasteiger partial charge in [-0.1, -0.05) is 19.1 Å². The van der Waals surface area contributed by atoms with Crippen molar-refractivity contribution in [2.75, 3.05) is 6.54 Å². The van der Waals surface area contributed by atoms with Crippen LogP contribution in [0.25, 0.3) is 0 Å². The van der Waals surface area contributed by atoms with E-state index in [1.165, 1.54) is 0 Å². The third kappa shape index (κ3) is 4.44. The minimum Gasteiger partial charge on any atom is -0.507 e. The van der Waals surface area contributed by atoms with E-state index in [9.17, 15) is 24.6 Å². The fraction of sp³-hybridized carbons (Fsp3) is 0.593. The van der Waals surface area contributed by atoms with Gasteiger partial charge in [-0.25, -0.2) is 4.79 Å². The van der Waals surface area contributed by atoms with Crippen molar-refractivity contribution >= 4 is 17.7 Å². The Hall–Kier alpha value is -2.87. The van der Waals surface area contributed by atoms with Crippen LogP contribution in [0.3, 0.4) is 0 Å². The number of likely N-dealkylation sites (tertiary alicyclic amines) is 1. The Kier molecular flexibility index (Phi) is 7.22. The molecule has 35 heavy (non-hydrogen) atoms. The summed E-state index contributed by atoms with van der Waals surface area (Å²) in [6.45, 7) is 8.05. The molecular weight excluding hydrogens is 450 g/mol. The quantitative estimate of drug-likeness (QED) is 0.314. The molecule has 3 heterocycles. The topological polar surface area (TPSA) is 113 Å². The monoisotopic (exact) mass is 485 g/mol. The highest BCUT2D eigenvalue weighted by atomic mass is 16.5. The smallest absolute Gasteiger partial charge is 0.343 e. The van der Waals surface area contributed by atoms with E-state index in [2.05, 4.69) is 6.08 Å². The zero-order valence-electron chi connectivity index (χ0n) is 20.9. The van der Waals surface area contributed by atoms with Crippen LogP contribution in [0.2, 0.25) is 0 Å². The van der Waals surface area contributed by atoms with Crippen LogP contribution in [-0.2, 0) is 14.3 Å². The van der Waals surface area contributed by atoms with Crippen molar-refractivity contribution in [2.45, 2.75) is 90.6 Å². The lowest BCUT2D eigenvalue weighted by Crippen LogP contribution is -2.48. The maximum Gasteiger partial charge on any atom is 0.343 e. The third-order valence-electron chi connectivity index (χ3n) is 7.76. The fourth-order valence-corrected chi connectivity index (χ4v) is 5.78. The summed E-state index contributed by atoms with van der Waals surface area (Å²) in [7, 11) is 0. The summed E-state index contributed by atoms with van der Waals surface area (Å²) in [5.74, 6) is -2.18. The van der Waals surface area contributed by atoms with Crippen molar-refractivity contribution < 1.29 is 34.1 Å². The Bertz CT molecular complexity index is 1060. The predicted molar refractivity (Wildman–Crippen MR) is 129 cm³/mol. The van der Waals surface area contributed by atoms with E-state index in [1.54, 1.807) is 11.8 Å². The molecule has 4 rings (SSSR count). The Morgan fingerprint density at radius 2 is 1.91 bits per heavy atom. The number of aromatic carboxylic acids is 1. The lowest BCUT2D eigenvalue weighted by atomic mass is 9.76. The van der Waals surface area contributed by atoms with E-state index < -0.39 is 18.3 Å². The summed E-state index contributed by atoms with van der Waals surface area (Å²) in [4.78, 5) is 39.2. The summed E-state index contributed by atoms with van der Waals surface area (Å²) in [5, 5.41) is 20.7. The van der Waals surface area contributed by atoms with Crippen LogP contribution in [0.4, 0.5) is 0 Å². The number of aromatic hydroxyl groups is 1. The van der Waals surface area contributed by atoms with E-state index in [4.69, 9.17) is 9.47 Å². The molecule has 0 aliphatic carbocycles. The van der Waals surface area contributed by atoms with Crippen molar-refractivity contribution in [2.24, 2.45) is 5.92 Å². The van der Waals surface area contributed by atoms with E-state index in [0.717, 1.165) is 24.8 Å². The average molecular weight is 486 g/mol. The summed E-state index contributed by atoms with van der Waals surface area (Å²) in [6, 6.07) is 0. The van der Waals surface area contributed by atoms with E-state index in [-0.39, 0.29) is 53.1 Å². The van der Waals surface area contributed by atoms with Gasteiger partial charge < -0.3 is 24.6 Å². The lowest BCUT2D eigenvalue weighted by molar-refractivity contribution is -0.147. The van der Waals surface area contributed by atoms with Gasteiger partial charge in [0.1, 0.15) is 22.8 Å². The summed E-state index contributed by atoms with van der Waals surface area (Å²) >= 11 is 0. The summed E-state index contributed by atoms with van der Waals surface area (Å²) < 4.78 is 12.6. The van der Waals surface area contributed by atoms with Gasteiger partial charge in [0.05, 0.1) is 18.6 Å². The highest BCUT2D eigenvalue weighted by Crippen LogP contribution is 2.56. The molecule has 5 atom stereocenters. The predicted octanol–water partition coefficient (Wildman–Crippen LogP) is 4.62. The standard InChI is InChI=1S/C27H35NO7/c1-5-6-7-8-9-10-17(29)13-19(30)28-12-11-18-24-21-20(14(2)16(4)34-24)15(3)23(31)22(27(32)33)25(21)35-26(18)28/h5-6,14,16,18,24,26,31H,7-13H2,1-4H3,(H,32,33)/b6-5+/t14-,16-,18+,24+,26?/m1/s1. The maximum absolute atomic E-state index is 13.1. The molecule has 0 saturated carbocycles. The van der Waals surface area contributed by atoms with Gasteiger partial charge in [0.15, 0.2) is 6.23 Å². The van der Waals surface area contributed by atoms with Crippen LogP contribution in [0, 0.1) is 12.8 Å². The van der Waals surface area contributed by atoms with Gasteiger partial charge in [0.25, 0.3) is 0 Å². The van der Waals surface area contributed by atoms with E-state index in [0.29, 0.717) is 30.5 Å². The van der Waals surface area contributed by atoms with Crippen LogP contribution in [0.5, 0.6) is 11.5 Å². The SMILES string of the molecule is C/C=C/CCCCC(=O)CC(=O)N1CC[C@@H]2C1Oc1c(C(=O)O)c(O)c(C)c3c1[C@H]2O[C@H](C)[C@H]3C. The number of carbonyl (C=O) groups excluding carboxylic acids is 2. The zero-order valence-corrected chi connectivity index (χ0v) is 20.9. The number of hydrogen-bond donors (Lipinski definition) is 2. The first kappa shape index (κ1) is 25.2. The number of allylic oxidation sites excluding steroid dienone is 2. The van der Waals surface area contributed by atoms with Gasteiger partial charge >= 0.3 is 5.97 Å². The number of unbranched alkanes of at least 4 members (excludes halogenated alkanes) is 2. The molecule has 0 spiro atoms. The first-order chi connectivity index (χ1) is 16.7. The van der Waals surface area contributed by atoms with Crippen LogP contribution >= 0.6 is 0 Å². The van der Waals surface area contributed by atoms with E-state index >= 15 is 0 Å². The number of carbonyl (C=O) groups is 3. The van der Waals surface area contributed by atoms with Gasteiger partial charge in [0.2, 0.25) is 5.91 Å². The Morgan fingerprint density at radius 1 is 1.17 bits per heavy atom. The van der Waals surface area contributed by atoms with Crippen LogP contribution < -0.4 is 4.74 Å². The highest BCUT2D eigenvalue weighted by molar-refractivity contribution is 5.98. The molecule has 1 unspecified atom stereocenters. The molecule has 0 radical (unpaired) electrons. The van der Waals surface area contributed by atoms with Crippen LogP contribution in [-0.4, -0.2) is 51.6 Å². The number of amides is 1. The van der Waals surface area contributed by atoms with Gasteiger partial charge in [-0.3, -0.25) is 9.59 Å². The Morgan fingerprint density at radius 3 is 2.60 bits per heavy atom. The van der Waals surface area contributed by atoms with Crippen molar-refractivity contribution in [3.05, 3.63) is 34.4 Å². The molecule has 1 amide bonds. The number of ether oxygens (including phenoxy) is 2. The number of benzene rings is 1. The minimum absolute atomic E-state index is 0.0570. The molecule has 2 N–H and O–H groups in total. The van der Waals surface area contributed by atoms with Crippen LogP contribution in [0.15, 0.2) is 12.2 Å². The minimum atomic E-state index is -1.30. The van der Waals surface area contributed by atoms with Gasteiger partial charge in [-0.05, 0) is 57.6 Å². The number of carboxylic acids is 1. The molecule has 0 aromatic heterocycles. The number of Topliss-reactive ketones (excluding diaryl/α,β-unsaturated/α-hetero) is 1.